The van der Waals surface area contributed by atoms with E-state index in [1.807, 2.05) is 9.80 Å². The Kier molecular flexibility index (Phi) is 5.40. The van der Waals surface area contributed by atoms with Crippen LogP contribution < -0.4 is 5.73 Å². The molecule has 1 saturated carbocycles. The lowest BCUT2D eigenvalue weighted by molar-refractivity contribution is -0.133. The van der Waals surface area contributed by atoms with Gasteiger partial charge in [0.25, 0.3) is 0 Å². The van der Waals surface area contributed by atoms with Crippen LogP contribution in [0, 0.1) is 5.92 Å². The molecule has 0 bridgehead atoms. The first-order chi connectivity index (χ1) is 9.56. The molecule has 5 heteroatoms. The minimum atomic E-state index is 0.112. The van der Waals surface area contributed by atoms with Gasteiger partial charge in [-0.15, -0.1) is 0 Å². The predicted molar refractivity (Wildman–Crippen MR) is 78.0 cm³/mol. The maximum Gasteiger partial charge on any atom is 0.222 e. The highest BCUT2D eigenvalue weighted by Gasteiger charge is 2.25. The molecule has 0 aromatic rings. The van der Waals surface area contributed by atoms with Crippen LogP contribution in [-0.4, -0.2) is 53.8 Å². The minimum Gasteiger partial charge on any atom is -0.341 e. The van der Waals surface area contributed by atoms with Crippen molar-refractivity contribution in [2.45, 2.75) is 51.5 Å². The first-order valence-corrected chi connectivity index (χ1v) is 7.85. The second-order valence-electron chi connectivity index (χ2n) is 6.23. The summed E-state index contributed by atoms with van der Waals surface area (Å²) in [6.45, 7) is 4.52. The van der Waals surface area contributed by atoms with Crippen LogP contribution in [-0.2, 0) is 9.59 Å². The van der Waals surface area contributed by atoms with E-state index in [1.165, 1.54) is 0 Å². The van der Waals surface area contributed by atoms with E-state index in [1.54, 1.807) is 6.92 Å². The summed E-state index contributed by atoms with van der Waals surface area (Å²) < 4.78 is 0. The fraction of sp³-hybridized carbons (Fsp3) is 0.867. The van der Waals surface area contributed by atoms with Crippen LogP contribution in [0.1, 0.15) is 45.4 Å². The van der Waals surface area contributed by atoms with Crippen LogP contribution in [0.15, 0.2) is 0 Å². The molecule has 0 aromatic heterocycles. The van der Waals surface area contributed by atoms with Crippen molar-refractivity contribution in [3.05, 3.63) is 0 Å². The first kappa shape index (κ1) is 15.3. The second-order valence-corrected chi connectivity index (χ2v) is 6.23. The molecular formula is C15H27N3O2. The number of hydrogen-bond donors (Lipinski definition) is 1. The lowest BCUT2D eigenvalue weighted by atomic mass is 9.84. The summed E-state index contributed by atoms with van der Waals surface area (Å²) in [7, 11) is 0. The van der Waals surface area contributed by atoms with Gasteiger partial charge in [-0.2, -0.15) is 0 Å². The number of hydrogen-bond acceptors (Lipinski definition) is 3. The molecule has 0 unspecified atom stereocenters. The SMILES string of the molecule is CC(=O)N1CCCN(C(=O)CC2CCC(N)CC2)CC1. The molecule has 5 nitrogen and oxygen atoms in total. The number of carbonyl (C=O) groups excluding carboxylic acids is 2. The topological polar surface area (TPSA) is 66.6 Å². The standard InChI is InChI=1S/C15H27N3O2/c1-12(19)17-7-2-8-18(10-9-17)15(20)11-13-3-5-14(16)6-4-13/h13-14H,2-11,16H2,1H3. The molecule has 0 spiro atoms. The molecule has 0 aromatic carbocycles. The van der Waals surface area contributed by atoms with Crippen molar-refractivity contribution in [3.8, 4) is 0 Å². The molecule has 2 amide bonds. The molecule has 2 aliphatic rings. The van der Waals surface area contributed by atoms with Gasteiger partial charge in [-0.1, -0.05) is 0 Å². The highest BCUT2D eigenvalue weighted by atomic mass is 16.2. The molecule has 1 saturated heterocycles. The molecule has 1 aliphatic heterocycles. The Morgan fingerprint density at radius 3 is 2.25 bits per heavy atom. The molecule has 0 radical (unpaired) electrons. The van der Waals surface area contributed by atoms with Crippen LogP contribution in [0.2, 0.25) is 0 Å². The third-order valence-electron chi connectivity index (χ3n) is 4.65. The van der Waals surface area contributed by atoms with Gasteiger partial charge in [-0.05, 0) is 38.0 Å². The summed E-state index contributed by atoms with van der Waals surface area (Å²) in [6.07, 6.45) is 5.82. The Balaban J connectivity index is 1.79. The smallest absolute Gasteiger partial charge is 0.222 e. The van der Waals surface area contributed by atoms with E-state index in [0.29, 0.717) is 31.5 Å². The Bertz CT molecular complexity index is 351. The van der Waals surface area contributed by atoms with Crippen LogP contribution in [0.4, 0.5) is 0 Å². The van der Waals surface area contributed by atoms with Crippen LogP contribution in [0.3, 0.4) is 0 Å². The fourth-order valence-electron chi connectivity index (χ4n) is 3.25. The monoisotopic (exact) mass is 281 g/mol. The van der Waals surface area contributed by atoms with Crippen molar-refractivity contribution in [1.82, 2.24) is 9.80 Å². The number of nitrogens with zero attached hydrogens (tertiary/aromatic N) is 2. The third-order valence-corrected chi connectivity index (χ3v) is 4.65. The van der Waals surface area contributed by atoms with E-state index < -0.39 is 0 Å². The average Bonchev–Trinajstić information content (AvgIpc) is 2.67. The summed E-state index contributed by atoms with van der Waals surface area (Å²) in [5.74, 6) is 0.880. The number of amides is 2. The predicted octanol–water partition coefficient (Wildman–Crippen LogP) is 0.975. The van der Waals surface area contributed by atoms with Crippen molar-refractivity contribution in [2.24, 2.45) is 11.7 Å². The van der Waals surface area contributed by atoms with Gasteiger partial charge in [-0.3, -0.25) is 9.59 Å². The van der Waals surface area contributed by atoms with E-state index in [2.05, 4.69) is 0 Å². The zero-order chi connectivity index (χ0) is 14.5. The maximum atomic E-state index is 12.4. The van der Waals surface area contributed by atoms with Crippen molar-refractivity contribution in [2.75, 3.05) is 26.2 Å². The fourth-order valence-corrected chi connectivity index (χ4v) is 3.25. The molecule has 1 aliphatic carbocycles. The quantitative estimate of drug-likeness (QED) is 0.820. The van der Waals surface area contributed by atoms with Gasteiger partial charge in [0.05, 0.1) is 0 Å². The van der Waals surface area contributed by atoms with Gasteiger partial charge < -0.3 is 15.5 Å². The third kappa shape index (κ3) is 4.20. The summed E-state index contributed by atoms with van der Waals surface area (Å²) in [4.78, 5) is 27.5. The number of carbonyl (C=O) groups is 2. The van der Waals surface area contributed by atoms with Crippen molar-refractivity contribution in [3.63, 3.8) is 0 Å². The molecular weight excluding hydrogens is 254 g/mol. The highest BCUT2D eigenvalue weighted by Crippen LogP contribution is 2.26. The van der Waals surface area contributed by atoms with Gasteiger partial charge in [0.2, 0.25) is 11.8 Å². The van der Waals surface area contributed by atoms with Crippen LogP contribution >= 0.6 is 0 Å². The second kappa shape index (κ2) is 7.07. The van der Waals surface area contributed by atoms with Crippen molar-refractivity contribution >= 4 is 11.8 Å². The Labute approximate surface area is 121 Å². The highest BCUT2D eigenvalue weighted by molar-refractivity contribution is 5.77. The zero-order valence-corrected chi connectivity index (χ0v) is 12.5. The lowest BCUT2D eigenvalue weighted by Crippen LogP contribution is -2.37. The van der Waals surface area contributed by atoms with Gasteiger partial charge in [0.1, 0.15) is 0 Å². The van der Waals surface area contributed by atoms with Gasteiger partial charge in [0, 0.05) is 45.6 Å². The van der Waals surface area contributed by atoms with Crippen LogP contribution in [0.5, 0.6) is 0 Å². The van der Waals surface area contributed by atoms with E-state index in [9.17, 15) is 9.59 Å². The molecule has 2 N–H and O–H groups in total. The molecule has 1 heterocycles. The van der Waals surface area contributed by atoms with Gasteiger partial charge in [-0.25, -0.2) is 0 Å². The molecule has 2 fully saturated rings. The molecule has 20 heavy (non-hydrogen) atoms. The summed E-state index contributed by atoms with van der Waals surface area (Å²) in [5, 5.41) is 0. The van der Waals surface area contributed by atoms with E-state index in [0.717, 1.165) is 45.2 Å². The van der Waals surface area contributed by atoms with Gasteiger partial charge >= 0.3 is 0 Å². The zero-order valence-electron chi connectivity index (χ0n) is 12.5. The Morgan fingerprint density at radius 1 is 1.00 bits per heavy atom. The molecule has 0 atom stereocenters. The lowest BCUT2D eigenvalue weighted by Gasteiger charge is -2.28. The largest absolute Gasteiger partial charge is 0.341 e. The summed E-state index contributed by atoms with van der Waals surface area (Å²) in [5.41, 5.74) is 5.90. The Hall–Kier alpha value is -1.10. The molecule has 114 valence electrons. The first-order valence-electron chi connectivity index (χ1n) is 7.85. The van der Waals surface area contributed by atoms with E-state index >= 15 is 0 Å². The van der Waals surface area contributed by atoms with Crippen LogP contribution in [0.25, 0.3) is 0 Å². The summed E-state index contributed by atoms with van der Waals surface area (Å²) >= 11 is 0. The average molecular weight is 281 g/mol. The van der Waals surface area contributed by atoms with Gasteiger partial charge in [0.15, 0.2) is 0 Å². The van der Waals surface area contributed by atoms with E-state index in [-0.39, 0.29) is 11.8 Å². The minimum absolute atomic E-state index is 0.112. The van der Waals surface area contributed by atoms with Crippen molar-refractivity contribution < 1.29 is 9.59 Å². The number of nitrogens with two attached hydrogens (primary N) is 1. The maximum absolute atomic E-state index is 12.4. The summed E-state index contributed by atoms with van der Waals surface area (Å²) in [6, 6.07) is 0.337. The Morgan fingerprint density at radius 2 is 1.60 bits per heavy atom. The normalized spacial score (nSPS) is 28.1. The molecule has 2 rings (SSSR count). The van der Waals surface area contributed by atoms with E-state index in [4.69, 9.17) is 5.73 Å². The van der Waals surface area contributed by atoms with Crippen molar-refractivity contribution in [1.29, 1.82) is 0 Å². The number of rotatable bonds is 2.